The highest BCUT2D eigenvalue weighted by molar-refractivity contribution is 7.93. The molecule has 0 spiro atoms. The van der Waals surface area contributed by atoms with Gasteiger partial charge in [-0.15, -0.1) is 0 Å². The van der Waals surface area contributed by atoms with Gasteiger partial charge in [0.15, 0.2) is 0 Å². The molecule has 11 heteroatoms. The predicted octanol–water partition coefficient (Wildman–Crippen LogP) is 3.98. The molecule has 3 rings (SSSR count). The van der Waals surface area contributed by atoms with Gasteiger partial charge in [0, 0.05) is 18.1 Å². The van der Waals surface area contributed by atoms with Crippen molar-refractivity contribution in [3.8, 4) is 5.75 Å². The summed E-state index contributed by atoms with van der Waals surface area (Å²) in [6.07, 6.45) is 1.56. The molecule has 2 aromatic carbocycles. The van der Waals surface area contributed by atoms with E-state index in [2.05, 4.69) is 4.72 Å². The van der Waals surface area contributed by atoms with Gasteiger partial charge in [-0.3, -0.25) is 4.72 Å². The molecule has 29 heavy (non-hydrogen) atoms. The summed E-state index contributed by atoms with van der Waals surface area (Å²) in [5.74, 6) is 0.170. The van der Waals surface area contributed by atoms with Gasteiger partial charge in [0.1, 0.15) is 15.5 Å². The third-order valence-electron chi connectivity index (χ3n) is 4.36. The normalized spacial score (nSPS) is 15.4. The molecule has 2 aromatic rings. The number of benzene rings is 2. The van der Waals surface area contributed by atoms with Crippen LogP contribution in [0.5, 0.6) is 5.75 Å². The fraction of sp³-hybridized carbons (Fsp3) is 0.333. The van der Waals surface area contributed by atoms with E-state index in [0.29, 0.717) is 13.1 Å². The number of anilines is 1. The first-order valence-corrected chi connectivity index (χ1v) is 12.6. The number of rotatable bonds is 7. The van der Waals surface area contributed by atoms with E-state index < -0.39 is 20.0 Å². The van der Waals surface area contributed by atoms with Crippen molar-refractivity contribution in [1.29, 1.82) is 0 Å². The standard InChI is InChI=1S/C18H20Cl2N2O5S2/c1-2-27-16-8-6-14(12-18(16)29(25,26)22-9-3-4-10-22)21-28(23,24)17-11-13(19)5-7-15(17)20/h5-8,11-12,21H,2-4,9-10H2,1H3. The molecule has 7 nitrogen and oxygen atoms in total. The number of ether oxygens (including phenoxy) is 1. The molecule has 0 bridgehead atoms. The van der Waals surface area contributed by atoms with E-state index in [0.717, 1.165) is 12.8 Å². The van der Waals surface area contributed by atoms with E-state index in [9.17, 15) is 16.8 Å². The van der Waals surface area contributed by atoms with Crippen molar-refractivity contribution in [3.05, 3.63) is 46.4 Å². The zero-order valence-corrected chi connectivity index (χ0v) is 18.7. The number of nitrogens with zero attached hydrogens (tertiary/aromatic N) is 1. The molecular formula is C18H20Cl2N2O5S2. The Balaban J connectivity index is 2.02. The number of sulfonamides is 2. The lowest BCUT2D eigenvalue weighted by Gasteiger charge is -2.19. The van der Waals surface area contributed by atoms with Gasteiger partial charge in [0.2, 0.25) is 10.0 Å². The summed E-state index contributed by atoms with van der Waals surface area (Å²) in [6, 6.07) is 8.20. The summed E-state index contributed by atoms with van der Waals surface area (Å²) in [6.45, 7) is 2.85. The third kappa shape index (κ3) is 4.80. The SMILES string of the molecule is CCOc1ccc(NS(=O)(=O)c2cc(Cl)ccc2Cl)cc1S(=O)(=O)N1CCCC1. The molecule has 0 radical (unpaired) electrons. The Hall–Kier alpha value is -1.52. The fourth-order valence-corrected chi connectivity index (χ4v) is 6.50. The maximum Gasteiger partial charge on any atom is 0.263 e. The lowest BCUT2D eigenvalue weighted by atomic mass is 10.3. The first-order chi connectivity index (χ1) is 13.6. The molecule has 0 atom stereocenters. The molecular weight excluding hydrogens is 459 g/mol. The van der Waals surface area contributed by atoms with E-state index in [1.807, 2.05) is 0 Å². The molecule has 1 saturated heterocycles. The van der Waals surface area contributed by atoms with Crippen LogP contribution >= 0.6 is 23.2 Å². The molecule has 158 valence electrons. The minimum atomic E-state index is -4.09. The number of halogens is 2. The zero-order valence-electron chi connectivity index (χ0n) is 15.6. The van der Waals surface area contributed by atoms with Crippen molar-refractivity contribution in [3.63, 3.8) is 0 Å². The molecule has 0 unspecified atom stereocenters. The molecule has 1 aliphatic rings. The minimum absolute atomic E-state index is 0.00208. The van der Waals surface area contributed by atoms with Crippen LogP contribution in [0.25, 0.3) is 0 Å². The topological polar surface area (TPSA) is 92.8 Å². The van der Waals surface area contributed by atoms with E-state index in [1.165, 1.54) is 40.7 Å². The van der Waals surface area contributed by atoms with Crippen LogP contribution < -0.4 is 9.46 Å². The maximum absolute atomic E-state index is 13.0. The summed E-state index contributed by atoms with van der Waals surface area (Å²) < 4.78 is 60.8. The van der Waals surface area contributed by atoms with Crippen LogP contribution in [0.3, 0.4) is 0 Å². The van der Waals surface area contributed by atoms with Gasteiger partial charge < -0.3 is 4.74 Å². The van der Waals surface area contributed by atoms with Crippen molar-refractivity contribution >= 4 is 48.9 Å². The number of hydrogen-bond donors (Lipinski definition) is 1. The van der Waals surface area contributed by atoms with E-state index in [4.69, 9.17) is 27.9 Å². The number of hydrogen-bond acceptors (Lipinski definition) is 5. The number of nitrogens with one attached hydrogen (secondary N) is 1. The fourth-order valence-electron chi connectivity index (χ4n) is 3.01. The van der Waals surface area contributed by atoms with Gasteiger partial charge in [0.25, 0.3) is 10.0 Å². The van der Waals surface area contributed by atoms with E-state index in [-0.39, 0.29) is 37.9 Å². The predicted molar refractivity (Wildman–Crippen MR) is 113 cm³/mol. The van der Waals surface area contributed by atoms with Crippen LogP contribution in [0, 0.1) is 0 Å². The van der Waals surface area contributed by atoms with Crippen molar-refractivity contribution in [2.45, 2.75) is 29.6 Å². The lowest BCUT2D eigenvalue weighted by Crippen LogP contribution is -2.28. The van der Waals surface area contributed by atoms with Gasteiger partial charge >= 0.3 is 0 Å². The van der Waals surface area contributed by atoms with Gasteiger partial charge in [-0.05, 0) is 56.2 Å². The van der Waals surface area contributed by atoms with Crippen LogP contribution in [0.1, 0.15) is 19.8 Å². The quantitative estimate of drug-likeness (QED) is 0.649. The summed E-state index contributed by atoms with van der Waals surface area (Å²) in [7, 11) is -7.91. The molecule has 0 aromatic heterocycles. The smallest absolute Gasteiger partial charge is 0.263 e. The molecule has 1 N–H and O–H groups in total. The Labute approximate surface area is 180 Å². The second kappa shape index (κ2) is 8.69. The average molecular weight is 479 g/mol. The van der Waals surface area contributed by atoms with Crippen LogP contribution in [-0.4, -0.2) is 40.8 Å². The monoisotopic (exact) mass is 478 g/mol. The molecule has 1 heterocycles. The van der Waals surface area contributed by atoms with Crippen LogP contribution in [0.4, 0.5) is 5.69 Å². The van der Waals surface area contributed by atoms with Crippen molar-refractivity contribution in [2.24, 2.45) is 0 Å². The Bertz CT molecular complexity index is 1120. The minimum Gasteiger partial charge on any atom is -0.492 e. The van der Waals surface area contributed by atoms with Crippen LogP contribution in [0.15, 0.2) is 46.2 Å². The second-order valence-corrected chi connectivity index (χ2v) is 10.8. The zero-order chi connectivity index (χ0) is 21.2. The summed E-state index contributed by atoms with van der Waals surface area (Å²) >= 11 is 11.9. The Morgan fingerprint density at radius 2 is 1.69 bits per heavy atom. The molecule has 0 aliphatic carbocycles. The highest BCUT2D eigenvalue weighted by Crippen LogP contribution is 2.33. The van der Waals surface area contributed by atoms with Crippen LogP contribution in [-0.2, 0) is 20.0 Å². The second-order valence-electron chi connectivity index (χ2n) is 6.39. The first-order valence-electron chi connectivity index (χ1n) is 8.90. The average Bonchev–Trinajstić information content (AvgIpc) is 3.20. The summed E-state index contributed by atoms with van der Waals surface area (Å²) in [5.41, 5.74) is 0.0715. The van der Waals surface area contributed by atoms with E-state index in [1.54, 1.807) is 6.92 Å². The maximum atomic E-state index is 13.0. The van der Waals surface area contributed by atoms with Gasteiger partial charge in [-0.1, -0.05) is 23.2 Å². The van der Waals surface area contributed by atoms with E-state index >= 15 is 0 Å². The summed E-state index contributed by atoms with van der Waals surface area (Å²) in [5, 5.41) is 0.205. The lowest BCUT2D eigenvalue weighted by molar-refractivity contribution is 0.330. The Kier molecular flexibility index (Phi) is 6.64. The highest BCUT2D eigenvalue weighted by Gasteiger charge is 2.31. The van der Waals surface area contributed by atoms with Crippen molar-refractivity contribution in [1.82, 2.24) is 4.31 Å². The van der Waals surface area contributed by atoms with Crippen LogP contribution in [0.2, 0.25) is 10.0 Å². The largest absolute Gasteiger partial charge is 0.492 e. The summed E-state index contributed by atoms with van der Waals surface area (Å²) in [4.78, 5) is -0.289. The highest BCUT2D eigenvalue weighted by atomic mass is 35.5. The molecule has 0 amide bonds. The molecule has 0 saturated carbocycles. The van der Waals surface area contributed by atoms with Gasteiger partial charge in [0.05, 0.1) is 17.3 Å². The third-order valence-corrected chi connectivity index (χ3v) is 8.38. The van der Waals surface area contributed by atoms with Gasteiger partial charge in [-0.25, -0.2) is 16.8 Å². The van der Waals surface area contributed by atoms with Gasteiger partial charge in [-0.2, -0.15) is 4.31 Å². The molecule has 1 fully saturated rings. The first kappa shape index (κ1) is 22.2. The Morgan fingerprint density at radius 3 is 2.34 bits per heavy atom. The van der Waals surface area contributed by atoms with Crippen molar-refractivity contribution < 1.29 is 21.6 Å². The Morgan fingerprint density at radius 1 is 1.00 bits per heavy atom. The molecule has 1 aliphatic heterocycles. The van der Waals surface area contributed by atoms with Crippen molar-refractivity contribution in [2.75, 3.05) is 24.4 Å².